The van der Waals surface area contributed by atoms with Gasteiger partial charge in [-0.2, -0.15) is 0 Å². The smallest absolute Gasteiger partial charge is 0.223 e. The third-order valence-electron chi connectivity index (χ3n) is 7.87. The number of rotatable bonds is 4. The van der Waals surface area contributed by atoms with Crippen LogP contribution in [0.5, 0.6) is 0 Å². The highest BCUT2D eigenvalue weighted by Crippen LogP contribution is 2.53. The summed E-state index contributed by atoms with van der Waals surface area (Å²) in [4.78, 5) is 17.3. The van der Waals surface area contributed by atoms with Crippen molar-refractivity contribution in [1.29, 1.82) is 0 Å². The van der Waals surface area contributed by atoms with Gasteiger partial charge in [-0.25, -0.2) is 12.7 Å². The van der Waals surface area contributed by atoms with E-state index in [0.717, 1.165) is 58.3 Å². The molecule has 2 aliphatic heterocycles. The molecule has 2 saturated heterocycles. The van der Waals surface area contributed by atoms with E-state index >= 15 is 0 Å². The van der Waals surface area contributed by atoms with Crippen LogP contribution in [0.4, 0.5) is 0 Å². The van der Waals surface area contributed by atoms with Crippen LogP contribution in [0.2, 0.25) is 0 Å². The van der Waals surface area contributed by atoms with Crippen LogP contribution in [0.3, 0.4) is 0 Å². The van der Waals surface area contributed by atoms with Crippen LogP contribution in [0.25, 0.3) is 0 Å². The molecule has 2 heterocycles. The number of piperidine rings is 1. The zero-order valence-corrected chi connectivity index (χ0v) is 18.7. The number of likely N-dealkylation sites (N-methyl/N-ethyl adjacent to an activating group) is 1. The monoisotopic (exact) mass is 431 g/mol. The van der Waals surface area contributed by atoms with Crippen LogP contribution in [0.15, 0.2) is 24.3 Å². The van der Waals surface area contributed by atoms with Gasteiger partial charge in [-0.3, -0.25) is 4.79 Å². The minimum absolute atomic E-state index is 0.0270. The number of carbonyl (C=O) groups is 1. The molecule has 4 aliphatic rings. The van der Waals surface area contributed by atoms with Crippen molar-refractivity contribution in [3.63, 3.8) is 0 Å². The first-order chi connectivity index (χ1) is 14.4. The molecule has 1 saturated carbocycles. The van der Waals surface area contributed by atoms with E-state index in [1.165, 1.54) is 11.1 Å². The third-order valence-corrected chi connectivity index (χ3v) is 10.3. The number of piperazine rings is 1. The van der Waals surface area contributed by atoms with Gasteiger partial charge in [0.25, 0.3) is 0 Å². The Kier molecular flexibility index (Phi) is 5.19. The molecule has 164 valence electrons. The fraction of sp³-hybridized carbons (Fsp3) is 0.696. The van der Waals surface area contributed by atoms with Crippen molar-refractivity contribution < 1.29 is 13.2 Å². The Morgan fingerprint density at radius 3 is 2.37 bits per heavy atom. The SMILES string of the molecule is CN1CCN(C(=O)CC2CC3(CCN(S(=O)(=O)C4CC4)CC3)c3ccccc32)CC1. The first-order valence-corrected chi connectivity index (χ1v) is 12.9. The molecule has 0 N–H and O–H groups in total. The lowest BCUT2D eigenvalue weighted by molar-refractivity contribution is -0.133. The third kappa shape index (κ3) is 3.59. The molecule has 0 aromatic heterocycles. The molecule has 1 unspecified atom stereocenters. The van der Waals surface area contributed by atoms with E-state index in [9.17, 15) is 13.2 Å². The summed E-state index contributed by atoms with van der Waals surface area (Å²) in [6.45, 7) is 4.77. The standard InChI is InChI=1S/C23H33N3O3S/c1-24-12-14-25(15-13-24)22(27)16-18-17-23(21-5-3-2-4-20(18)21)8-10-26(11-9-23)30(28,29)19-6-7-19/h2-5,18-19H,6-17H2,1H3. The Labute approximate surface area is 180 Å². The van der Waals surface area contributed by atoms with E-state index in [1.807, 2.05) is 4.90 Å². The minimum atomic E-state index is -3.10. The van der Waals surface area contributed by atoms with Gasteiger partial charge in [0.15, 0.2) is 0 Å². The number of benzene rings is 1. The predicted octanol–water partition coefficient (Wildman–Crippen LogP) is 2.16. The lowest BCUT2D eigenvalue weighted by atomic mass is 9.73. The van der Waals surface area contributed by atoms with E-state index in [1.54, 1.807) is 4.31 Å². The van der Waals surface area contributed by atoms with Crippen LogP contribution >= 0.6 is 0 Å². The normalized spacial score (nSPS) is 27.4. The number of sulfonamides is 1. The molecule has 7 heteroatoms. The first kappa shape index (κ1) is 20.5. The second-order valence-electron chi connectivity index (χ2n) is 9.80. The molecule has 30 heavy (non-hydrogen) atoms. The Balaban J connectivity index is 1.30. The summed E-state index contributed by atoms with van der Waals surface area (Å²) in [6, 6.07) is 8.59. The van der Waals surface area contributed by atoms with E-state index < -0.39 is 10.0 Å². The van der Waals surface area contributed by atoms with Crippen molar-refractivity contribution in [3.05, 3.63) is 35.4 Å². The maximum absolute atomic E-state index is 13.0. The number of fused-ring (bicyclic) bond motifs is 2. The molecule has 5 rings (SSSR count). The van der Waals surface area contributed by atoms with Gasteiger partial charge in [0, 0.05) is 45.7 Å². The van der Waals surface area contributed by atoms with Crippen molar-refractivity contribution in [3.8, 4) is 0 Å². The van der Waals surface area contributed by atoms with Crippen molar-refractivity contribution in [1.82, 2.24) is 14.1 Å². The molecule has 1 aromatic carbocycles. The van der Waals surface area contributed by atoms with E-state index in [2.05, 4.69) is 36.2 Å². The second-order valence-corrected chi connectivity index (χ2v) is 12.0. The van der Waals surface area contributed by atoms with Gasteiger partial charge in [0.2, 0.25) is 15.9 Å². The summed E-state index contributed by atoms with van der Waals surface area (Å²) in [5.41, 5.74) is 2.71. The molecule has 6 nitrogen and oxygen atoms in total. The van der Waals surface area contributed by atoms with Gasteiger partial charge in [0.05, 0.1) is 5.25 Å². The zero-order chi connectivity index (χ0) is 20.9. The van der Waals surface area contributed by atoms with Crippen LogP contribution in [0.1, 0.15) is 55.6 Å². The highest BCUT2D eigenvalue weighted by molar-refractivity contribution is 7.90. The number of nitrogens with zero attached hydrogens (tertiary/aromatic N) is 3. The lowest BCUT2D eigenvalue weighted by Gasteiger charge is -2.40. The number of amides is 1. The Morgan fingerprint density at radius 2 is 1.70 bits per heavy atom. The molecule has 0 bridgehead atoms. The Bertz CT molecular complexity index is 911. The molecule has 3 fully saturated rings. The summed E-state index contributed by atoms with van der Waals surface area (Å²) >= 11 is 0. The highest BCUT2D eigenvalue weighted by atomic mass is 32.2. The summed E-state index contributed by atoms with van der Waals surface area (Å²) in [7, 11) is -0.990. The second kappa shape index (κ2) is 7.61. The number of hydrogen-bond donors (Lipinski definition) is 0. The topological polar surface area (TPSA) is 60.9 Å². The van der Waals surface area contributed by atoms with Crippen LogP contribution in [-0.4, -0.2) is 80.0 Å². The van der Waals surface area contributed by atoms with E-state index in [4.69, 9.17) is 0 Å². The molecule has 0 radical (unpaired) electrons. The summed E-state index contributed by atoms with van der Waals surface area (Å²) in [5, 5.41) is -0.128. The average molecular weight is 432 g/mol. The summed E-state index contributed by atoms with van der Waals surface area (Å²) in [5.74, 6) is 0.522. The molecule has 1 amide bonds. The number of carbonyl (C=O) groups excluding carboxylic acids is 1. The highest BCUT2D eigenvalue weighted by Gasteiger charge is 2.49. The lowest BCUT2D eigenvalue weighted by Crippen LogP contribution is -2.47. The quantitative estimate of drug-likeness (QED) is 0.733. The Morgan fingerprint density at radius 1 is 1.03 bits per heavy atom. The summed E-state index contributed by atoms with van der Waals surface area (Å²) in [6.07, 6.45) is 4.94. The molecular weight excluding hydrogens is 398 g/mol. The maximum Gasteiger partial charge on any atom is 0.223 e. The van der Waals surface area contributed by atoms with Gasteiger partial charge < -0.3 is 9.80 Å². The van der Waals surface area contributed by atoms with Gasteiger partial charge in [-0.15, -0.1) is 0 Å². The van der Waals surface area contributed by atoms with Crippen LogP contribution in [-0.2, 0) is 20.2 Å². The van der Waals surface area contributed by atoms with Crippen molar-refractivity contribution >= 4 is 15.9 Å². The first-order valence-electron chi connectivity index (χ1n) is 11.4. The van der Waals surface area contributed by atoms with Crippen molar-refractivity contribution in [2.24, 2.45) is 0 Å². The van der Waals surface area contributed by atoms with Crippen molar-refractivity contribution in [2.45, 2.75) is 55.1 Å². The van der Waals surface area contributed by atoms with E-state index in [0.29, 0.717) is 19.5 Å². The molecule has 1 spiro atoms. The fourth-order valence-electron chi connectivity index (χ4n) is 5.82. The van der Waals surface area contributed by atoms with Crippen LogP contribution < -0.4 is 0 Å². The molecule has 1 atom stereocenters. The van der Waals surface area contributed by atoms with Gasteiger partial charge in [-0.05, 0) is 61.6 Å². The maximum atomic E-state index is 13.0. The van der Waals surface area contributed by atoms with Gasteiger partial charge in [-0.1, -0.05) is 24.3 Å². The largest absolute Gasteiger partial charge is 0.340 e. The van der Waals surface area contributed by atoms with E-state index in [-0.39, 0.29) is 22.5 Å². The minimum Gasteiger partial charge on any atom is -0.340 e. The Hall–Kier alpha value is -1.44. The zero-order valence-electron chi connectivity index (χ0n) is 17.9. The van der Waals surface area contributed by atoms with Crippen LogP contribution in [0, 0.1) is 0 Å². The molecule has 1 aromatic rings. The van der Waals surface area contributed by atoms with Gasteiger partial charge in [0.1, 0.15) is 0 Å². The predicted molar refractivity (Wildman–Crippen MR) is 117 cm³/mol. The average Bonchev–Trinajstić information content (AvgIpc) is 3.57. The number of hydrogen-bond acceptors (Lipinski definition) is 4. The molecular formula is C23H33N3O3S. The summed E-state index contributed by atoms with van der Waals surface area (Å²) < 4.78 is 27.1. The molecule has 2 aliphatic carbocycles. The van der Waals surface area contributed by atoms with Gasteiger partial charge >= 0.3 is 0 Å². The van der Waals surface area contributed by atoms with Crippen molar-refractivity contribution in [2.75, 3.05) is 46.3 Å². The fourth-order valence-corrected chi connectivity index (χ4v) is 7.67.